The van der Waals surface area contributed by atoms with E-state index in [1.807, 2.05) is 4.57 Å². The van der Waals surface area contributed by atoms with Crippen LogP contribution in [0.4, 0.5) is 5.82 Å². The number of ether oxygens (including phenoxy) is 1. The number of anilines is 1. The number of nitrogen functional groups attached to an aromatic ring is 1. The van der Waals surface area contributed by atoms with Gasteiger partial charge in [-0.1, -0.05) is 6.92 Å². The molecule has 2 aliphatic carbocycles. The standard InChI is InChI=1S/C23H32ClN7O2/c1-22-9-8-16(32)27-15(22)5-3-12-13(22)7-10-23(2)14(12)4-6-17(33-23)31-11-26-18-19(30-25)28-21(24)29-20(18)31/h11-15,17H,3-10,25H2,1-2H3,(H,27,32)(H,28,29,30)/t12?,13?,14?,15?,17-,22+,23-/m0/s1. The van der Waals surface area contributed by atoms with Crippen LogP contribution in [0.5, 0.6) is 0 Å². The van der Waals surface area contributed by atoms with Gasteiger partial charge in [-0.3, -0.25) is 9.36 Å². The van der Waals surface area contributed by atoms with E-state index in [2.05, 4.69) is 39.5 Å². The van der Waals surface area contributed by atoms with Crippen molar-refractivity contribution >= 4 is 34.5 Å². The number of nitrogens with two attached hydrogens (primary N) is 1. The van der Waals surface area contributed by atoms with Gasteiger partial charge in [0.15, 0.2) is 17.0 Å². The molecule has 10 heteroatoms. The summed E-state index contributed by atoms with van der Waals surface area (Å²) in [4.78, 5) is 25.1. The van der Waals surface area contributed by atoms with E-state index in [0.29, 0.717) is 47.2 Å². The maximum Gasteiger partial charge on any atom is 0.226 e. The zero-order valence-corrected chi connectivity index (χ0v) is 19.9. The van der Waals surface area contributed by atoms with Gasteiger partial charge in [0.2, 0.25) is 11.2 Å². The van der Waals surface area contributed by atoms with Crippen LogP contribution in [-0.2, 0) is 9.53 Å². The number of piperidine rings is 1. The Morgan fingerprint density at radius 2 is 2.03 bits per heavy atom. The first-order valence-electron chi connectivity index (χ1n) is 12.2. The summed E-state index contributed by atoms with van der Waals surface area (Å²) in [6.45, 7) is 4.72. The van der Waals surface area contributed by atoms with E-state index in [9.17, 15) is 4.79 Å². The lowest BCUT2D eigenvalue weighted by Gasteiger charge is -2.62. The van der Waals surface area contributed by atoms with Crippen LogP contribution in [0.1, 0.15) is 71.4 Å². The number of imidazole rings is 1. The third kappa shape index (κ3) is 3.19. The Kier molecular flexibility index (Phi) is 4.91. The number of fused-ring (bicyclic) bond motifs is 6. The van der Waals surface area contributed by atoms with E-state index in [1.54, 1.807) is 6.33 Å². The summed E-state index contributed by atoms with van der Waals surface area (Å²) < 4.78 is 8.86. The van der Waals surface area contributed by atoms with Crippen molar-refractivity contribution in [2.24, 2.45) is 29.0 Å². The Bertz CT molecular complexity index is 1110. The summed E-state index contributed by atoms with van der Waals surface area (Å²) in [6, 6.07) is 0.328. The largest absolute Gasteiger partial charge is 0.353 e. The van der Waals surface area contributed by atoms with Crippen molar-refractivity contribution in [2.75, 3.05) is 5.43 Å². The minimum Gasteiger partial charge on any atom is -0.353 e. The summed E-state index contributed by atoms with van der Waals surface area (Å²) in [6.07, 6.45) is 9.71. The first kappa shape index (κ1) is 21.6. The lowest BCUT2D eigenvalue weighted by atomic mass is 9.48. The van der Waals surface area contributed by atoms with Gasteiger partial charge in [0, 0.05) is 12.5 Å². The van der Waals surface area contributed by atoms with Crippen LogP contribution in [0, 0.1) is 23.2 Å². The van der Waals surface area contributed by atoms with Crippen molar-refractivity contribution in [2.45, 2.75) is 83.1 Å². The smallest absolute Gasteiger partial charge is 0.226 e. The third-order valence-corrected chi connectivity index (χ3v) is 9.57. The first-order valence-corrected chi connectivity index (χ1v) is 12.5. The lowest BCUT2D eigenvalue weighted by Crippen LogP contribution is -2.63. The number of nitrogens with zero attached hydrogens (tertiary/aromatic N) is 4. The molecule has 0 spiro atoms. The molecule has 1 amide bonds. The van der Waals surface area contributed by atoms with Crippen LogP contribution in [0.25, 0.3) is 11.2 Å². The number of amides is 1. The minimum absolute atomic E-state index is 0.127. The Balaban J connectivity index is 1.27. The molecule has 4 N–H and O–H groups in total. The molecular formula is C23H32ClN7O2. The van der Waals surface area contributed by atoms with E-state index < -0.39 is 0 Å². The lowest BCUT2D eigenvalue weighted by molar-refractivity contribution is -0.231. The zero-order chi connectivity index (χ0) is 23.0. The third-order valence-electron chi connectivity index (χ3n) is 9.40. The van der Waals surface area contributed by atoms with Crippen molar-refractivity contribution in [3.8, 4) is 0 Å². The van der Waals surface area contributed by atoms with Gasteiger partial charge >= 0.3 is 0 Å². The highest BCUT2D eigenvalue weighted by molar-refractivity contribution is 6.28. The van der Waals surface area contributed by atoms with Crippen LogP contribution in [0.15, 0.2) is 6.33 Å². The van der Waals surface area contributed by atoms with Crippen LogP contribution >= 0.6 is 11.6 Å². The van der Waals surface area contributed by atoms with Crippen LogP contribution in [0.2, 0.25) is 5.28 Å². The summed E-state index contributed by atoms with van der Waals surface area (Å²) in [5.41, 5.74) is 3.80. The topological polar surface area (TPSA) is 120 Å². The fourth-order valence-electron chi connectivity index (χ4n) is 7.74. The average molecular weight is 474 g/mol. The molecule has 4 aliphatic rings. The minimum atomic E-state index is -0.187. The molecule has 4 unspecified atom stereocenters. The molecule has 33 heavy (non-hydrogen) atoms. The van der Waals surface area contributed by atoms with Gasteiger partial charge in [0.1, 0.15) is 6.23 Å². The van der Waals surface area contributed by atoms with Gasteiger partial charge in [-0.2, -0.15) is 9.97 Å². The Morgan fingerprint density at radius 1 is 1.18 bits per heavy atom. The fraction of sp³-hybridized carbons (Fsp3) is 0.739. The van der Waals surface area contributed by atoms with Gasteiger partial charge < -0.3 is 15.5 Å². The predicted octanol–water partition coefficient (Wildman–Crippen LogP) is 3.55. The maximum absolute atomic E-state index is 12.0. The number of carbonyl (C=O) groups is 1. The van der Waals surface area contributed by atoms with Crippen molar-refractivity contribution in [3.63, 3.8) is 0 Å². The van der Waals surface area contributed by atoms with E-state index in [4.69, 9.17) is 22.2 Å². The number of nitrogens with one attached hydrogen (secondary N) is 2. The summed E-state index contributed by atoms with van der Waals surface area (Å²) in [5.74, 6) is 8.06. The molecule has 4 fully saturated rings. The second kappa shape index (κ2) is 7.52. The van der Waals surface area contributed by atoms with E-state index in [0.717, 1.165) is 38.5 Å². The van der Waals surface area contributed by atoms with Gasteiger partial charge in [-0.25, -0.2) is 10.8 Å². The molecule has 178 valence electrons. The van der Waals surface area contributed by atoms with Crippen molar-refractivity contribution in [3.05, 3.63) is 11.6 Å². The zero-order valence-electron chi connectivity index (χ0n) is 19.2. The summed E-state index contributed by atoms with van der Waals surface area (Å²) >= 11 is 6.14. The molecule has 0 bridgehead atoms. The molecule has 0 aromatic carbocycles. The van der Waals surface area contributed by atoms with Crippen LogP contribution < -0.4 is 16.6 Å². The highest BCUT2D eigenvalue weighted by Crippen LogP contribution is 2.61. The molecule has 0 radical (unpaired) electrons. The highest BCUT2D eigenvalue weighted by Gasteiger charge is 2.59. The first-order chi connectivity index (χ1) is 15.8. The molecule has 2 saturated carbocycles. The van der Waals surface area contributed by atoms with E-state index >= 15 is 0 Å². The van der Waals surface area contributed by atoms with Crippen LogP contribution in [-0.4, -0.2) is 37.1 Å². The van der Waals surface area contributed by atoms with Crippen molar-refractivity contribution in [1.29, 1.82) is 0 Å². The molecular weight excluding hydrogens is 442 g/mol. The highest BCUT2D eigenvalue weighted by atomic mass is 35.5. The van der Waals surface area contributed by atoms with E-state index in [-0.39, 0.29) is 28.4 Å². The van der Waals surface area contributed by atoms with Crippen molar-refractivity contribution < 1.29 is 9.53 Å². The van der Waals surface area contributed by atoms with Gasteiger partial charge in [-0.15, -0.1) is 0 Å². The number of aromatic nitrogens is 4. The predicted molar refractivity (Wildman–Crippen MR) is 124 cm³/mol. The molecule has 7 atom stereocenters. The molecule has 2 aromatic rings. The van der Waals surface area contributed by atoms with Gasteiger partial charge in [-0.05, 0) is 86.6 Å². The number of carbonyl (C=O) groups excluding carboxylic acids is 1. The number of hydrazine groups is 1. The molecule has 6 rings (SSSR count). The molecule has 2 aliphatic heterocycles. The average Bonchev–Trinajstić information content (AvgIpc) is 3.21. The second-order valence-electron chi connectivity index (χ2n) is 10.9. The molecule has 2 aromatic heterocycles. The Morgan fingerprint density at radius 3 is 2.85 bits per heavy atom. The van der Waals surface area contributed by atoms with E-state index in [1.165, 1.54) is 6.42 Å². The summed E-state index contributed by atoms with van der Waals surface area (Å²) in [5, 5.41) is 3.44. The number of halogens is 1. The number of rotatable bonds is 2. The Hall–Kier alpha value is -1.97. The van der Waals surface area contributed by atoms with Gasteiger partial charge in [0.05, 0.1) is 11.9 Å². The maximum atomic E-state index is 12.0. The SMILES string of the molecule is C[C@]12CCC(=O)NC1CCC1C2CC[C@]2(C)O[C@H](n3cnc4c(NN)nc(Cl)nc43)CCC12. The number of hydrogen-bond acceptors (Lipinski definition) is 7. The molecule has 4 heterocycles. The normalized spacial score (nSPS) is 40.5. The quantitative estimate of drug-likeness (QED) is 0.346. The second-order valence-corrected chi connectivity index (χ2v) is 11.2. The number of hydrogen-bond donors (Lipinski definition) is 3. The van der Waals surface area contributed by atoms with Crippen LogP contribution in [0.3, 0.4) is 0 Å². The van der Waals surface area contributed by atoms with Gasteiger partial charge in [0.25, 0.3) is 0 Å². The molecule has 2 saturated heterocycles. The van der Waals surface area contributed by atoms with Crippen molar-refractivity contribution in [1.82, 2.24) is 24.8 Å². The summed E-state index contributed by atoms with van der Waals surface area (Å²) in [7, 11) is 0. The fourth-order valence-corrected chi connectivity index (χ4v) is 7.91. The Labute approximate surface area is 198 Å². The molecule has 9 nitrogen and oxygen atoms in total. The monoisotopic (exact) mass is 473 g/mol.